The molecule has 8 heteroatoms. The van der Waals surface area contributed by atoms with Crippen molar-refractivity contribution < 1.29 is 14.2 Å². The number of pyridine rings is 3. The predicted molar refractivity (Wildman–Crippen MR) is 275 cm³/mol. The summed E-state index contributed by atoms with van der Waals surface area (Å²) in [4.78, 5) is 22.8. The van der Waals surface area contributed by atoms with Gasteiger partial charge in [-0.05, 0) is 134 Å². The molecule has 0 aliphatic rings. The van der Waals surface area contributed by atoms with Crippen LogP contribution in [0.15, 0.2) is 225 Å². The van der Waals surface area contributed by atoms with Crippen LogP contribution in [0.5, 0.6) is 23.0 Å². The molecule has 4 heterocycles. The van der Waals surface area contributed by atoms with E-state index < -0.39 is 11.2 Å². The molecule has 8 nitrogen and oxygen atoms in total. The Morgan fingerprint density at radius 2 is 0.797 bits per heavy atom. The molecule has 0 saturated carbocycles. The Bertz CT molecular complexity index is 3210. The monoisotopic (exact) mass is 899 g/mol. The fraction of sp³-hybridized carbons (Fsp3) is 0.0984. The van der Waals surface area contributed by atoms with Crippen LogP contribution in [0.4, 0.5) is 0 Å². The van der Waals surface area contributed by atoms with Gasteiger partial charge < -0.3 is 14.2 Å². The summed E-state index contributed by atoms with van der Waals surface area (Å²) in [5.41, 5.74) is 10.8. The number of hydrogen-bond acceptors (Lipinski definition) is 8. The molecule has 336 valence electrons. The second-order valence-corrected chi connectivity index (χ2v) is 17.7. The van der Waals surface area contributed by atoms with Crippen molar-refractivity contribution in [2.24, 2.45) is 0 Å². The van der Waals surface area contributed by atoms with E-state index in [1.54, 1.807) is 18.6 Å². The van der Waals surface area contributed by atoms with E-state index in [0.29, 0.717) is 28.8 Å². The van der Waals surface area contributed by atoms with Crippen LogP contribution < -0.4 is 14.2 Å². The molecule has 10 rings (SSSR count). The van der Waals surface area contributed by atoms with E-state index >= 15 is 0 Å². The lowest BCUT2D eigenvalue weighted by Gasteiger charge is -2.30. The number of aromatic nitrogens is 5. The number of nitrogens with zero attached hydrogens (tertiary/aromatic N) is 5. The molecule has 0 spiro atoms. The van der Waals surface area contributed by atoms with Gasteiger partial charge >= 0.3 is 0 Å². The van der Waals surface area contributed by atoms with Crippen LogP contribution in [0.1, 0.15) is 38.8 Å². The standard InChI is InChI=1S/C61H49N5O3/c1-60(2,47-27-22-42(23-28-47)55-19-7-10-32-62-55)68-50-38-46(39-51(41-50)69-61(3,4)48-29-24-43(25-30-48)56-20-8-11-33-63-56)52-17-5-6-18-53(52)54-31-26-45(59-65-35-14-36-66-59)40-58(54)67-49-16-13-15-44(37-49)57-21-9-12-34-64-57/h5-41H,1-4H3. The first-order chi connectivity index (χ1) is 33.6. The molecule has 0 amide bonds. The number of hydrogen-bond donors (Lipinski definition) is 0. The fourth-order valence-corrected chi connectivity index (χ4v) is 8.47. The molecule has 0 saturated heterocycles. The first-order valence-electron chi connectivity index (χ1n) is 22.9. The van der Waals surface area contributed by atoms with Gasteiger partial charge in [0.15, 0.2) is 5.82 Å². The number of rotatable bonds is 14. The van der Waals surface area contributed by atoms with Gasteiger partial charge in [-0.15, -0.1) is 0 Å². The largest absolute Gasteiger partial charge is 0.483 e. The van der Waals surface area contributed by atoms with Gasteiger partial charge in [-0.3, -0.25) is 15.0 Å². The van der Waals surface area contributed by atoms with Crippen molar-refractivity contribution >= 4 is 0 Å². The van der Waals surface area contributed by atoms with Crippen molar-refractivity contribution in [2.75, 3.05) is 0 Å². The molecule has 0 N–H and O–H groups in total. The minimum atomic E-state index is -0.727. The molecule has 69 heavy (non-hydrogen) atoms. The first kappa shape index (κ1) is 44.1. The lowest BCUT2D eigenvalue weighted by atomic mass is 9.92. The molecule has 4 aromatic heterocycles. The van der Waals surface area contributed by atoms with Crippen LogP contribution in [-0.4, -0.2) is 24.9 Å². The highest BCUT2D eigenvalue weighted by Crippen LogP contribution is 2.44. The topological polar surface area (TPSA) is 92.1 Å². The van der Waals surface area contributed by atoms with Gasteiger partial charge in [0.25, 0.3) is 0 Å². The van der Waals surface area contributed by atoms with Crippen molar-refractivity contribution in [2.45, 2.75) is 38.9 Å². The maximum absolute atomic E-state index is 7.04. The number of benzene rings is 6. The summed E-state index contributed by atoms with van der Waals surface area (Å²) in [7, 11) is 0. The van der Waals surface area contributed by atoms with Gasteiger partial charge in [0.05, 0.1) is 17.1 Å². The molecular weight excluding hydrogens is 851 g/mol. The molecule has 0 aliphatic heterocycles. The van der Waals surface area contributed by atoms with E-state index in [1.807, 2.05) is 122 Å². The summed E-state index contributed by atoms with van der Waals surface area (Å²) in [5, 5.41) is 0. The van der Waals surface area contributed by atoms with E-state index in [1.165, 1.54) is 0 Å². The SMILES string of the molecule is CC(C)(Oc1cc(OC(C)(C)c2ccc(-c3ccccn3)cc2)cc(-c2ccccc2-c2ccc(-c3ncccn3)cc2Oc2cccc(-c3ccccn3)c2)c1)c1ccc(-c2ccccn2)cc1. The van der Waals surface area contributed by atoms with Crippen LogP contribution >= 0.6 is 0 Å². The molecule has 0 fully saturated rings. The zero-order chi connectivity index (χ0) is 47.2. The quantitative estimate of drug-likeness (QED) is 0.107. The summed E-state index contributed by atoms with van der Waals surface area (Å²) in [6.45, 7) is 8.34. The fourth-order valence-electron chi connectivity index (χ4n) is 8.47. The summed E-state index contributed by atoms with van der Waals surface area (Å²) in [6.07, 6.45) is 8.90. The minimum Gasteiger partial charge on any atom is -0.483 e. The molecule has 0 radical (unpaired) electrons. The smallest absolute Gasteiger partial charge is 0.159 e. The van der Waals surface area contributed by atoms with E-state index in [4.69, 9.17) is 14.2 Å². The van der Waals surface area contributed by atoms with Crippen molar-refractivity contribution in [3.8, 4) is 90.4 Å². The molecular formula is C61H49N5O3. The Kier molecular flexibility index (Phi) is 12.3. The molecule has 0 bridgehead atoms. The Morgan fingerprint density at radius 1 is 0.319 bits per heavy atom. The molecule has 0 atom stereocenters. The van der Waals surface area contributed by atoms with Crippen LogP contribution in [0.25, 0.3) is 67.4 Å². The van der Waals surface area contributed by atoms with Gasteiger partial charge in [0, 0.05) is 64.9 Å². The van der Waals surface area contributed by atoms with Crippen molar-refractivity contribution in [3.63, 3.8) is 0 Å². The highest BCUT2D eigenvalue weighted by atomic mass is 16.5. The molecule has 10 aromatic rings. The van der Waals surface area contributed by atoms with Gasteiger partial charge in [-0.1, -0.05) is 109 Å². The van der Waals surface area contributed by atoms with E-state index in [-0.39, 0.29) is 0 Å². The van der Waals surface area contributed by atoms with Crippen molar-refractivity contribution in [3.05, 3.63) is 236 Å². The lowest BCUT2D eigenvalue weighted by Crippen LogP contribution is -2.26. The normalized spacial score (nSPS) is 11.5. The third-order valence-electron chi connectivity index (χ3n) is 12.1. The molecule has 0 aliphatic carbocycles. The summed E-state index contributed by atoms with van der Waals surface area (Å²) < 4.78 is 21.0. The third-order valence-corrected chi connectivity index (χ3v) is 12.1. The predicted octanol–water partition coefficient (Wildman–Crippen LogP) is 15.1. The Labute approximate surface area is 403 Å². The summed E-state index contributed by atoms with van der Waals surface area (Å²) in [6, 6.07) is 65.0. The lowest BCUT2D eigenvalue weighted by molar-refractivity contribution is 0.0992. The minimum absolute atomic E-state index is 0.596. The van der Waals surface area contributed by atoms with Gasteiger partial charge in [0.2, 0.25) is 0 Å². The van der Waals surface area contributed by atoms with Crippen molar-refractivity contribution in [1.29, 1.82) is 0 Å². The summed E-state index contributed by atoms with van der Waals surface area (Å²) in [5.74, 6) is 3.20. The van der Waals surface area contributed by atoms with E-state index in [9.17, 15) is 0 Å². The first-order valence-corrected chi connectivity index (χ1v) is 22.9. The second kappa shape index (κ2) is 19.2. The van der Waals surface area contributed by atoms with E-state index in [2.05, 4.69) is 138 Å². The Hall–Kier alpha value is -8.75. The number of ether oxygens (including phenoxy) is 3. The van der Waals surface area contributed by atoms with Crippen LogP contribution in [0, 0.1) is 0 Å². The highest BCUT2D eigenvalue weighted by Gasteiger charge is 2.27. The Balaban J connectivity index is 1.05. The summed E-state index contributed by atoms with van der Waals surface area (Å²) >= 11 is 0. The molecule has 0 unspecified atom stereocenters. The zero-order valence-electron chi connectivity index (χ0n) is 38.8. The van der Waals surface area contributed by atoms with Gasteiger partial charge in [0.1, 0.15) is 34.2 Å². The van der Waals surface area contributed by atoms with Crippen LogP contribution in [0.2, 0.25) is 0 Å². The molecule has 6 aromatic carbocycles. The van der Waals surface area contributed by atoms with Gasteiger partial charge in [-0.2, -0.15) is 0 Å². The van der Waals surface area contributed by atoms with Crippen LogP contribution in [-0.2, 0) is 11.2 Å². The Morgan fingerprint density at radius 3 is 1.33 bits per heavy atom. The zero-order valence-corrected chi connectivity index (χ0v) is 38.8. The van der Waals surface area contributed by atoms with Gasteiger partial charge in [-0.25, -0.2) is 9.97 Å². The van der Waals surface area contributed by atoms with Crippen molar-refractivity contribution in [1.82, 2.24) is 24.9 Å². The van der Waals surface area contributed by atoms with E-state index in [0.717, 1.165) is 72.7 Å². The highest BCUT2D eigenvalue weighted by molar-refractivity contribution is 5.88. The third kappa shape index (κ3) is 10.0. The average molecular weight is 900 g/mol. The maximum atomic E-state index is 7.04. The second-order valence-electron chi connectivity index (χ2n) is 17.7. The average Bonchev–Trinajstić information content (AvgIpc) is 3.39. The van der Waals surface area contributed by atoms with Crippen LogP contribution in [0.3, 0.4) is 0 Å². The maximum Gasteiger partial charge on any atom is 0.159 e.